The van der Waals surface area contributed by atoms with Crippen LogP contribution in [0, 0.1) is 0 Å². The van der Waals surface area contributed by atoms with Gasteiger partial charge in [-0.05, 0) is 61.5 Å². The second-order valence-corrected chi connectivity index (χ2v) is 7.61. The van der Waals surface area contributed by atoms with Gasteiger partial charge in [-0.25, -0.2) is 0 Å². The minimum Gasteiger partial charge on any atom is -0.381 e. The standard InChI is InChI=1S/C20H25N3/c1-13-20(2,3)19-17-7-6-15(22-16-9-10-23(4)12-16)11-14(17)5-8-18(19)21-13/h5-8,11,16,22H,9-10,12H2,1-4H3. The van der Waals surface area contributed by atoms with E-state index in [2.05, 4.69) is 68.4 Å². The van der Waals surface area contributed by atoms with Crippen LogP contribution in [0.15, 0.2) is 35.3 Å². The molecular formula is C20H25N3. The highest BCUT2D eigenvalue weighted by molar-refractivity contribution is 6.06. The molecule has 1 atom stereocenters. The van der Waals surface area contributed by atoms with Crippen LogP contribution in [0.3, 0.4) is 0 Å². The number of nitrogens with one attached hydrogen (secondary N) is 1. The Morgan fingerprint density at radius 1 is 1.22 bits per heavy atom. The van der Waals surface area contributed by atoms with E-state index in [1.54, 1.807) is 0 Å². The number of fused-ring (bicyclic) bond motifs is 3. The minimum absolute atomic E-state index is 0.0257. The van der Waals surface area contributed by atoms with Gasteiger partial charge in [0.05, 0.1) is 5.69 Å². The highest BCUT2D eigenvalue weighted by Crippen LogP contribution is 2.44. The van der Waals surface area contributed by atoms with Crippen LogP contribution in [0.4, 0.5) is 11.4 Å². The van der Waals surface area contributed by atoms with Crippen LogP contribution >= 0.6 is 0 Å². The van der Waals surface area contributed by atoms with E-state index in [9.17, 15) is 0 Å². The monoisotopic (exact) mass is 307 g/mol. The first kappa shape index (κ1) is 14.7. The molecule has 2 aliphatic rings. The molecule has 3 heteroatoms. The average molecular weight is 307 g/mol. The van der Waals surface area contributed by atoms with E-state index < -0.39 is 0 Å². The Labute approximate surface area is 138 Å². The van der Waals surface area contributed by atoms with Gasteiger partial charge in [-0.3, -0.25) is 4.99 Å². The van der Waals surface area contributed by atoms with Crippen molar-refractivity contribution in [3.05, 3.63) is 35.9 Å². The first-order chi connectivity index (χ1) is 10.9. The third kappa shape index (κ3) is 2.34. The Morgan fingerprint density at radius 2 is 2.04 bits per heavy atom. The van der Waals surface area contributed by atoms with Crippen molar-refractivity contribution in [3.8, 4) is 0 Å². The van der Waals surface area contributed by atoms with Gasteiger partial charge < -0.3 is 10.2 Å². The number of aliphatic imine (C=N–C) groups is 1. The third-order valence-corrected chi connectivity index (χ3v) is 5.58. The number of benzene rings is 2. The molecule has 0 bridgehead atoms. The van der Waals surface area contributed by atoms with Crippen molar-refractivity contribution < 1.29 is 0 Å². The van der Waals surface area contributed by atoms with Gasteiger partial charge in [0.2, 0.25) is 0 Å². The number of rotatable bonds is 2. The Morgan fingerprint density at radius 3 is 2.78 bits per heavy atom. The molecular weight excluding hydrogens is 282 g/mol. The summed E-state index contributed by atoms with van der Waals surface area (Å²) >= 11 is 0. The van der Waals surface area contributed by atoms with E-state index in [1.807, 2.05) is 0 Å². The molecule has 2 aromatic rings. The summed E-state index contributed by atoms with van der Waals surface area (Å²) < 4.78 is 0. The van der Waals surface area contributed by atoms with Crippen molar-refractivity contribution >= 4 is 27.9 Å². The molecule has 1 unspecified atom stereocenters. The lowest BCUT2D eigenvalue weighted by Gasteiger charge is -2.22. The summed E-state index contributed by atoms with van der Waals surface area (Å²) in [6, 6.07) is 11.7. The van der Waals surface area contributed by atoms with E-state index in [0.717, 1.165) is 12.2 Å². The Hall–Kier alpha value is -1.87. The largest absolute Gasteiger partial charge is 0.381 e. The van der Waals surface area contributed by atoms with Crippen molar-refractivity contribution in [1.82, 2.24) is 4.90 Å². The smallest absolute Gasteiger partial charge is 0.0677 e. The first-order valence-corrected chi connectivity index (χ1v) is 8.53. The zero-order chi connectivity index (χ0) is 16.2. The molecule has 0 spiro atoms. The molecule has 120 valence electrons. The normalized spacial score (nSPS) is 23.1. The van der Waals surface area contributed by atoms with Gasteiger partial charge in [0.1, 0.15) is 0 Å². The van der Waals surface area contributed by atoms with Crippen molar-refractivity contribution in [3.63, 3.8) is 0 Å². The third-order valence-electron chi connectivity index (χ3n) is 5.58. The summed E-state index contributed by atoms with van der Waals surface area (Å²) in [5, 5.41) is 6.33. The van der Waals surface area contributed by atoms with Gasteiger partial charge in [0.25, 0.3) is 0 Å². The summed E-state index contributed by atoms with van der Waals surface area (Å²) in [4.78, 5) is 7.15. The molecule has 0 radical (unpaired) electrons. The number of hydrogen-bond donors (Lipinski definition) is 1. The highest BCUT2D eigenvalue weighted by Gasteiger charge is 2.33. The lowest BCUT2D eigenvalue weighted by Crippen LogP contribution is -2.23. The van der Waals surface area contributed by atoms with Crippen LogP contribution < -0.4 is 5.32 Å². The van der Waals surface area contributed by atoms with E-state index in [0.29, 0.717) is 6.04 Å². The molecule has 3 nitrogen and oxygen atoms in total. The predicted octanol–water partition coefficient (Wildman–Crippen LogP) is 4.34. The summed E-state index contributed by atoms with van der Waals surface area (Å²) in [5.41, 5.74) is 4.97. The van der Waals surface area contributed by atoms with Gasteiger partial charge >= 0.3 is 0 Å². The topological polar surface area (TPSA) is 27.6 Å². The maximum Gasteiger partial charge on any atom is 0.0677 e. The van der Waals surface area contributed by atoms with Gasteiger partial charge in [0, 0.05) is 29.4 Å². The second-order valence-electron chi connectivity index (χ2n) is 7.61. The van der Waals surface area contributed by atoms with Gasteiger partial charge in [-0.1, -0.05) is 26.0 Å². The fraction of sp³-hybridized carbons (Fsp3) is 0.450. The molecule has 1 fully saturated rings. The number of anilines is 1. The quantitative estimate of drug-likeness (QED) is 0.893. The van der Waals surface area contributed by atoms with Crippen molar-refractivity contribution in [2.45, 2.75) is 38.6 Å². The predicted molar refractivity (Wildman–Crippen MR) is 99.3 cm³/mol. The van der Waals surface area contributed by atoms with Crippen LogP contribution in [0.2, 0.25) is 0 Å². The number of likely N-dealkylation sites (tertiary alicyclic amines) is 1. The SMILES string of the molecule is CC1=Nc2ccc3cc(NC4CCN(C)C4)ccc3c2C1(C)C. The minimum atomic E-state index is 0.0257. The molecule has 0 aromatic heterocycles. The van der Waals surface area contributed by atoms with Crippen molar-refractivity contribution in [1.29, 1.82) is 0 Å². The number of nitrogens with zero attached hydrogens (tertiary/aromatic N) is 2. The zero-order valence-corrected chi connectivity index (χ0v) is 14.5. The van der Waals surface area contributed by atoms with Crippen LogP contribution in [0.5, 0.6) is 0 Å². The van der Waals surface area contributed by atoms with Crippen molar-refractivity contribution in [2.24, 2.45) is 4.99 Å². The maximum absolute atomic E-state index is 4.76. The van der Waals surface area contributed by atoms with Gasteiger partial charge in [-0.2, -0.15) is 0 Å². The van der Waals surface area contributed by atoms with Crippen LogP contribution in [0.1, 0.15) is 32.8 Å². The molecule has 0 amide bonds. The van der Waals surface area contributed by atoms with E-state index in [-0.39, 0.29) is 5.41 Å². The lowest BCUT2D eigenvalue weighted by molar-refractivity contribution is 0.414. The summed E-state index contributed by atoms with van der Waals surface area (Å²) in [6.07, 6.45) is 1.22. The first-order valence-electron chi connectivity index (χ1n) is 8.53. The van der Waals surface area contributed by atoms with Crippen LogP contribution in [0.25, 0.3) is 10.8 Å². The number of likely N-dealkylation sites (N-methyl/N-ethyl adjacent to an activating group) is 1. The highest BCUT2D eigenvalue weighted by atomic mass is 15.2. The fourth-order valence-electron chi connectivity index (χ4n) is 3.95. The molecule has 1 N–H and O–H groups in total. The zero-order valence-electron chi connectivity index (χ0n) is 14.5. The van der Waals surface area contributed by atoms with E-state index in [4.69, 9.17) is 4.99 Å². The fourth-order valence-corrected chi connectivity index (χ4v) is 3.95. The molecule has 2 aromatic carbocycles. The molecule has 0 aliphatic carbocycles. The lowest BCUT2D eigenvalue weighted by atomic mass is 9.79. The van der Waals surface area contributed by atoms with Crippen LogP contribution in [-0.4, -0.2) is 36.8 Å². The Balaban J connectivity index is 1.71. The van der Waals surface area contributed by atoms with E-state index in [1.165, 1.54) is 40.7 Å². The van der Waals surface area contributed by atoms with E-state index >= 15 is 0 Å². The number of hydrogen-bond acceptors (Lipinski definition) is 3. The van der Waals surface area contributed by atoms with Crippen LogP contribution in [-0.2, 0) is 5.41 Å². The molecule has 1 saturated heterocycles. The van der Waals surface area contributed by atoms with Crippen molar-refractivity contribution in [2.75, 3.05) is 25.5 Å². The van der Waals surface area contributed by atoms with Gasteiger partial charge in [0.15, 0.2) is 0 Å². The molecule has 2 aliphatic heterocycles. The Bertz CT molecular complexity index is 804. The summed E-state index contributed by atoms with van der Waals surface area (Å²) in [5.74, 6) is 0. The molecule has 0 saturated carbocycles. The summed E-state index contributed by atoms with van der Waals surface area (Å²) in [7, 11) is 2.19. The van der Waals surface area contributed by atoms with Gasteiger partial charge in [-0.15, -0.1) is 0 Å². The molecule has 23 heavy (non-hydrogen) atoms. The second kappa shape index (κ2) is 5.07. The molecule has 2 heterocycles. The molecule has 4 rings (SSSR count). The Kier molecular flexibility index (Phi) is 3.24. The average Bonchev–Trinajstić information content (AvgIpc) is 3.01. The summed E-state index contributed by atoms with van der Waals surface area (Å²) in [6.45, 7) is 9.00. The maximum atomic E-state index is 4.76.